The second-order valence-corrected chi connectivity index (χ2v) is 6.52. The molecule has 3 aromatic rings. The van der Waals surface area contributed by atoms with Gasteiger partial charge in [0.1, 0.15) is 0 Å². The number of aromatic nitrogens is 1. The van der Waals surface area contributed by atoms with Crippen LogP contribution in [0.15, 0.2) is 59.6 Å². The van der Waals surface area contributed by atoms with Crippen molar-refractivity contribution in [2.24, 2.45) is 7.05 Å². The maximum atomic E-state index is 13.0. The van der Waals surface area contributed by atoms with Crippen molar-refractivity contribution in [1.29, 1.82) is 0 Å². The summed E-state index contributed by atoms with van der Waals surface area (Å²) in [5.41, 5.74) is -0.0372. The van der Waals surface area contributed by atoms with E-state index in [0.717, 1.165) is 21.9 Å². The highest BCUT2D eigenvalue weighted by atomic mass is 32.2. The van der Waals surface area contributed by atoms with E-state index in [4.69, 9.17) is 0 Å². The van der Waals surface area contributed by atoms with Gasteiger partial charge >= 0.3 is 6.18 Å². The Morgan fingerprint density at radius 1 is 1.12 bits per heavy atom. The van der Waals surface area contributed by atoms with Gasteiger partial charge in [-0.25, -0.2) is 0 Å². The molecule has 130 valence electrons. The Labute approximate surface area is 146 Å². The highest BCUT2D eigenvalue weighted by molar-refractivity contribution is 8.00. The van der Waals surface area contributed by atoms with E-state index in [1.165, 1.54) is 30.0 Å². The van der Waals surface area contributed by atoms with E-state index in [1.54, 1.807) is 0 Å². The summed E-state index contributed by atoms with van der Waals surface area (Å²) in [7, 11) is 1.91. The van der Waals surface area contributed by atoms with E-state index in [-0.39, 0.29) is 11.4 Å². The van der Waals surface area contributed by atoms with Crippen LogP contribution in [-0.4, -0.2) is 16.2 Å². The van der Waals surface area contributed by atoms with Gasteiger partial charge in [0.2, 0.25) is 5.91 Å². The minimum atomic E-state index is -4.51. The van der Waals surface area contributed by atoms with Crippen molar-refractivity contribution in [2.45, 2.75) is 11.1 Å². The Hall–Kier alpha value is -2.41. The molecular formula is C18H15F3N2OS. The van der Waals surface area contributed by atoms with Crippen LogP contribution in [0.1, 0.15) is 5.56 Å². The second-order valence-electron chi connectivity index (χ2n) is 5.50. The molecule has 0 bridgehead atoms. The molecule has 0 fully saturated rings. The van der Waals surface area contributed by atoms with Crippen LogP contribution in [0.3, 0.4) is 0 Å². The number of fused-ring (bicyclic) bond motifs is 1. The van der Waals surface area contributed by atoms with Gasteiger partial charge in [0, 0.05) is 29.0 Å². The van der Waals surface area contributed by atoms with Gasteiger partial charge in [0.25, 0.3) is 0 Å². The first-order chi connectivity index (χ1) is 11.9. The van der Waals surface area contributed by atoms with Crippen molar-refractivity contribution in [3.63, 3.8) is 0 Å². The van der Waals surface area contributed by atoms with Crippen LogP contribution in [0, 0.1) is 0 Å². The summed E-state index contributed by atoms with van der Waals surface area (Å²) in [5.74, 6) is -0.449. The zero-order chi connectivity index (χ0) is 18.0. The number of nitrogens with zero attached hydrogens (tertiary/aromatic N) is 1. The first-order valence-corrected chi connectivity index (χ1v) is 8.48. The van der Waals surface area contributed by atoms with E-state index in [0.29, 0.717) is 0 Å². The van der Waals surface area contributed by atoms with Gasteiger partial charge in [-0.3, -0.25) is 4.79 Å². The van der Waals surface area contributed by atoms with Gasteiger partial charge in [-0.15, -0.1) is 11.8 Å². The molecule has 1 amide bonds. The highest BCUT2D eigenvalue weighted by Gasteiger charge is 2.33. The second kappa shape index (κ2) is 6.84. The minimum Gasteiger partial charge on any atom is -0.349 e. The summed E-state index contributed by atoms with van der Waals surface area (Å²) in [6.45, 7) is 0. The van der Waals surface area contributed by atoms with Crippen molar-refractivity contribution >= 4 is 34.3 Å². The van der Waals surface area contributed by atoms with Crippen LogP contribution in [0.4, 0.5) is 18.9 Å². The standard InChI is InChI=1S/C18H15F3N2OS/c1-23-10-16(12-6-2-5-9-15(12)23)25-11-17(24)22-14-8-4-3-7-13(14)18(19,20)21/h2-10H,11H2,1H3,(H,22,24). The lowest BCUT2D eigenvalue weighted by atomic mass is 10.1. The monoisotopic (exact) mass is 364 g/mol. The van der Waals surface area contributed by atoms with Crippen LogP contribution >= 0.6 is 11.8 Å². The van der Waals surface area contributed by atoms with Crippen LogP contribution < -0.4 is 5.32 Å². The summed E-state index contributed by atoms with van der Waals surface area (Å²) >= 11 is 1.30. The molecule has 0 saturated carbocycles. The van der Waals surface area contributed by atoms with Crippen LogP contribution in [0.5, 0.6) is 0 Å². The quantitative estimate of drug-likeness (QED) is 0.666. The number of amides is 1. The number of hydrogen-bond acceptors (Lipinski definition) is 2. The largest absolute Gasteiger partial charge is 0.418 e. The van der Waals surface area contributed by atoms with Gasteiger partial charge in [-0.05, 0) is 18.2 Å². The minimum absolute atomic E-state index is 0.0280. The van der Waals surface area contributed by atoms with Crippen molar-refractivity contribution in [1.82, 2.24) is 4.57 Å². The fourth-order valence-electron chi connectivity index (χ4n) is 2.59. The van der Waals surface area contributed by atoms with Crippen LogP contribution in [-0.2, 0) is 18.0 Å². The number of carbonyl (C=O) groups excluding carboxylic acids is 1. The molecule has 3 nitrogen and oxygen atoms in total. The topological polar surface area (TPSA) is 34.0 Å². The van der Waals surface area contributed by atoms with Gasteiger partial charge in [0.15, 0.2) is 0 Å². The molecule has 0 unspecified atom stereocenters. The van der Waals surface area contributed by atoms with Crippen molar-refractivity contribution in [3.05, 3.63) is 60.3 Å². The smallest absolute Gasteiger partial charge is 0.349 e. The molecule has 1 heterocycles. The predicted molar refractivity (Wildman–Crippen MR) is 93.7 cm³/mol. The Balaban J connectivity index is 1.72. The zero-order valence-electron chi connectivity index (χ0n) is 13.3. The summed E-state index contributed by atoms with van der Waals surface area (Å²) in [5, 5.41) is 3.37. The Morgan fingerprint density at radius 2 is 1.80 bits per heavy atom. The molecule has 1 N–H and O–H groups in total. The summed E-state index contributed by atoms with van der Waals surface area (Å²) in [6.07, 6.45) is -2.60. The molecule has 25 heavy (non-hydrogen) atoms. The molecule has 0 spiro atoms. The third-order valence-electron chi connectivity index (χ3n) is 3.73. The third kappa shape index (κ3) is 3.82. The number of para-hydroxylation sites is 2. The number of rotatable bonds is 4. The normalized spacial score (nSPS) is 11.7. The van der Waals surface area contributed by atoms with Gasteiger partial charge in [-0.2, -0.15) is 13.2 Å². The molecular weight excluding hydrogens is 349 g/mol. The average molecular weight is 364 g/mol. The fourth-order valence-corrected chi connectivity index (χ4v) is 3.51. The number of hydrogen-bond donors (Lipinski definition) is 1. The number of halogens is 3. The molecule has 0 aliphatic rings. The number of thioether (sulfide) groups is 1. The van der Waals surface area contributed by atoms with Crippen molar-refractivity contribution in [3.8, 4) is 0 Å². The van der Waals surface area contributed by atoms with E-state index < -0.39 is 17.6 Å². The Kier molecular flexibility index (Phi) is 4.76. The number of aryl methyl sites for hydroxylation is 1. The molecule has 7 heteroatoms. The Morgan fingerprint density at radius 3 is 2.56 bits per heavy atom. The SMILES string of the molecule is Cn1cc(SCC(=O)Nc2ccccc2C(F)(F)F)c2ccccc21. The molecule has 0 aliphatic carbocycles. The maximum Gasteiger partial charge on any atom is 0.418 e. The number of benzene rings is 2. The van der Waals surface area contributed by atoms with E-state index >= 15 is 0 Å². The van der Waals surface area contributed by atoms with Gasteiger partial charge in [0.05, 0.1) is 17.0 Å². The molecule has 1 aromatic heterocycles. The predicted octanol–water partition coefficient (Wildman–Crippen LogP) is 4.93. The lowest BCUT2D eigenvalue weighted by Gasteiger charge is -2.13. The van der Waals surface area contributed by atoms with E-state index in [2.05, 4.69) is 5.32 Å². The number of anilines is 1. The first kappa shape index (κ1) is 17.4. The molecule has 0 atom stereocenters. The highest BCUT2D eigenvalue weighted by Crippen LogP contribution is 2.35. The zero-order valence-corrected chi connectivity index (χ0v) is 14.1. The van der Waals surface area contributed by atoms with Gasteiger partial charge < -0.3 is 9.88 Å². The van der Waals surface area contributed by atoms with Crippen molar-refractivity contribution < 1.29 is 18.0 Å². The Bertz CT molecular complexity index is 918. The lowest BCUT2D eigenvalue weighted by Crippen LogP contribution is -2.18. The maximum absolute atomic E-state index is 13.0. The summed E-state index contributed by atoms with van der Waals surface area (Å²) in [4.78, 5) is 13.0. The molecule has 0 saturated heterocycles. The number of carbonyl (C=O) groups is 1. The van der Waals surface area contributed by atoms with Crippen LogP contribution in [0.2, 0.25) is 0 Å². The van der Waals surface area contributed by atoms with Crippen LogP contribution in [0.25, 0.3) is 10.9 Å². The van der Waals surface area contributed by atoms with Crippen molar-refractivity contribution in [2.75, 3.05) is 11.1 Å². The molecule has 2 aromatic carbocycles. The average Bonchev–Trinajstić information content (AvgIpc) is 2.89. The number of alkyl halides is 3. The summed E-state index contributed by atoms with van der Waals surface area (Å²) < 4.78 is 40.9. The molecule has 0 radical (unpaired) electrons. The molecule has 0 aliphatic heterocycles. The summed E-state index contributed by atoms with van der Waals surface area (Å²) in [6, 6.07) is 12.7. The first-order valence-electron chi connectivity index (χ1n) is 7.49. The fraction of sp³-hybridized carbons (Fsp3) is 0.167. The van der Waals surface area contributed by atoms with Gasteiger partial charge in [-0.1, -0.05) is 30.3 Å². The third-order valence-corrected chi connectivity index (χ3v) is 4.77. The molecule has 3 rings (SSSR count). The van der Waals surface area contributed by atoms with E-state index in [9.17, 15) is 18.0 Å². The van der Waals surface area contributed by atoms with E-state index in [1.807, 2.05) is 42.1 Å². The number of nitrogens with one attached hydrogen (secondary N) is 1. The lowest BCUT2D eigenvalue weighted by molar-refractivity contribution is -0.137.